The van der Waals surface area contributed by atoms with Crippen molar-refractivity contribution in [1.29, 1.82) is 0 Å². The molecule has 0 aliphatic carbocycles. The summed E-state index contributed by atoms with van der Waals surface area (Å²) in [6.45, 7) is 0. The molecule has 0 fully saturated rings. The first-order valence-corrected chi connectivity index (χ1v) is 5.43. The van der Waals surface area contributed by atoms with Crippen LogP contribution < -0.4 is 9.47 Å². The third kappa shape index (κ3) is 2.45. The Morgan fingerprint density at radius 1 is 1.18 bits per heavy atom. The highest BCUT2D eigenvalue weighted by Crippen LogP contribution is 2.31. The van der Waals surface area contributed by atoms with E-state index >= 15 is 0 Å². The lowest BCUT2D eigenvalue weighted by atomic mass is 10.1. The van der Waals surface area contributed by atoms with Crippen LogP contribution in [0.25, 0.3) is 11.3 Å². The van der Waals surface area contributed by atoms with Gasteiger partial charge in [-0.25, -0.2) is 4.98 Å². The number of aromatic nitrogens is 2. The van der Waals surface area contributed by atoms with Gasteiger partial charge in [-0.1, -0.05) is 0 Å². The number of hydrogen-bond acceptors (Lipinski definition) is 4. The van der Waals surface area contributed by atoms with E-state index in [1.54, 1.807) is 20.4 Å². The van der Waals surface area contributed by atoms with Crippen molar-refractivity contribution in [2.75, 3.05) is 14.2 Å². The summed E-state index contributed by atoms with van der Waals surface area (Å²) >= 11 is 5.00. The summed E-state index contributed by atoms with van der Waals surface area (Å²) in [6.07, 6.45) is 1.66. The molecule has 0 atom stereocenters. The zero-order valence-corrected chi connectivity index (χ0v) is 10.4. The maximum atomic E-state index is 5.31. The van der Waals surface area contributed by atoms with Gasteiger partial charge in [-0.15, -0.1) is 0 Å². The van der Waals surface area contributed by atoms with Crippen LogP contribution in [0.5, 0.6) is 11.5 Å². The number of rotatable bonds is 3. The molecular formula is C12H12N2O2S. The highest BCUT2D eigenvalue weighted by molar-refractivity contribution is 7.71. The van der Waals surface area contributed by atoms with Crippen molar-refractivity contribution < 1.29 is 9.47 Å². The average Bonchev–Trinajstić information content (AvgIpc) is 2.38. The van der Waals surface area contributed by atoms with Crippen molar-refractivity contribution in [2.24, 2.45) is 0 Å². The molecule has 0 bridgehead atoms. The van der Waals surface area contributed by atoms with Crippen molar-refractivity contribution in [3.63, 3.8) is 0 Å². The smallest absolute Gasteiger partial charge is 0.197 e. The molecule has 0 aliphatic rings. The van der Waals surface area contributed by atoms with Gasteiger partial charge < -0.3 is 14.5 Å². The second kappa shape index (κ2) is 4.97. The van der Waals surface area contributed by atoms with Crippen LogP contribution >= 0.6 is 12.2 Å². The fourth-order valence-electron chi connectivity index (χ4n) is 1.55. The van der Waals surface area contributed by atoms with Gasteiger partial charge in [0, 0.05) is 11.8 Å². The predicted octanol–water partition coefficient (Wildman–Crippen LogP) is 2.82. The van der Waals surface area contributed by atoms with Gasteiger partial charge in [0.1, 0.15) is 11.5 Å². The van der Waals surface area contributed by atoms with Gasteiger partial charge in [-0.2, -0.15) is 0 Å². The van der Waals surface area contributed by atoms with E-state index in [-0.39, 0.29) is 0 Å². The van der Waals surface area contributed by atoms with Gasteiger partial charge in [0.15, 0.2) is 4.77 Å². The Morgan fingerprint density at radius 3 is 2.65 bits per heavy atom. The molecule has 0 radical (unpaired) electrons. The van der Waals surface area contributed by atoms with Crippen LogP contribution in [0.3, 0.4) is 0 Å². The summed E-state index contributed by atoms with van der Waals surface area (Å²) in [5, 5.41) is 0. The highest BCUT2D eigenvalue weighted by Gasteiger charge is 2.07. The predicted molar refractivity (Wildman–Crippen MR) is 68.0 cm³/mol. The van der Waals surface area contributed by atoms with Crippen LogP contribution in [0.15, 0.2) is 30.5 Å². The molecule has 1 N–H and O–H groups in total. The van der Waals surface area contributed by atoms with E-state index in [0.29, 0.717) is 4.77 Å². The minimum Gasteiger partial charge on any atom is -0.497 e. The summed E-state index contributed by atoms with van der Waals surface area (Å²) in [5.74, 6) is 1.51. The summed E-state index contributed by atoms with van der Waals surface area (Å²) in [4.78, 5) is 6.97. The topological polar surface area (TPSA) is 47.1 Å². The molecule has 1 heterocycles. The summed E-state index contributed by atoms with van der Waals surface area (Å²) in [5.41, 5.74) is 1.74. The minimum atomic E-state index is 0.437. The lowest BCUT2D eigenvalue weighted by molar-refractivity contribution is 0.404. The second-order valence-corrected chi connectivity index (χ2v) is 3.74. The summed E-state index contributed by atoms with van der Waals surface area (Å²) in [6, 6.07) is 7.43. The SMILES string of the molecule is COc1ccc(OC)c(-c2ccnc(=S)[nH]2)c1. The maximum absolute atomic E-state index is 5.31. The van der Waals surface area contributed by atoms with Gasteiger partial charge in [-0.3, -0.25) is 0 Å². The fourth-order valence-corrected chi connectivity index (χ4v) is 1.72. The Morgan fingerprint density at radius 2 is 2.00 bits per heavy atom. The first-order valence-electron chi connectivity index (χ1n) is 5.02. The lowest BCUT2D eigenvalue weighted by Crippen LogP contribution is -1.92. The Bertz CT molecular complexity index is 581. The average molecular weight is 248 g/mol. The number of ether oxygens (including phenoxy) is 2. The van der Waals surface area contributed by atoms with Gasteiger partial charge >= 0.3 is 0 Å². The monoisotopic (exact) mass is 248 g/mol. The second-order valence-electron chi connectivity index (χ2n) is 3.35. The van der Waals surface area contributed by atoms with Crippen molar-refractivity contribution in [1.82, 2.24) is 9.97 Å². The molecule has 0 unspecified atom stereocenters. The Kier molecular flexibility index (Phi) is 3.39. The molecule has 0 amide bonds. The molecule has 88 valence electrons. The third-order valence-corrected chi connectivity index (χ3v) is 2.58. The molecule has 0 aliphatic heterocycles. The first kappa shape index (κ1) is 11.6. The third-order valence-electron chi connectivity index (χ3n) is 2.37. The number of methoxy groups -OCH3 is 2. The number of nitrogens with zero attached hydrogens (tertiary/aromatic N) is 1. The number of H-pyrrole nitrogens is 1. The van der Waals surface area contributed by atoms with Crippen molar-refractivity contribution in [3.05, 3.63) is 35.2 Å². The van der Waals surface area contributed by atoms with Crippen LogP contribution in [-0.4, -0.2) is 24.2 Å². The molecular weight excluding hydrogens is 236 g/mol. The van der Waals surface area contributed by atoms with E-state index in [9.17, 15) is 0 Å². The zero-order valence-electron chi connectivity index (χ0n) is 9.56. The number of hydrogen-bond donors (Lipinski definition) is 1. The van der Waals surface area contributed by atoms with Gasteiger partial charge in [-0.05, 0) is 36.5 Å². The van der Waals surface area contributed by atoms with Gasteiger partial charge in [0.2, 0.25) is 0 Å². The van der Waals surface area contributed by atoms with Crippen LogP contribution in [0.2, 0.25) is 0 Å². The van der Waals surface area contributed by atoms with E-state index in [2.05, 4.69) is 9.97 Å². The molecule has 0 saturated carbocycles. The van der Waals surface area contributed by atoms with Crippen LogP contribution in [0, 0.1) is 4.77 Å². The number of benzene rings is 1. The molecule has 1 aromatic carbocycles. The van der Waals surface area contributed by atoms with Crippen molar-refractivity contribution in [2.45, 2.75) is 0 Å². The molecule has 0 saturated heterocycles. The molecule has 0 spiro atoms. The van der Waals surface area contributed by atoms with Crippen LogP contribution in [0.1, 0.15) is 0 Å². The lowest BCUT2D eigenvalue weighted by Gasteiger charge is -2.10. The summed E-state index contributed by atoms with van der Waals surface area (Å²) < 4.78 is 10.9. The number of nitrogens with one attached hydrogen (secondary N) is 1. The quantitative estimate of drug-likeness (QED) is 0.848. The first-order chi connectivity index (χ1) is 8.24. The molecule has 1 aromatic heterocycles. The van der Waals surface area contributed by atoms with E-state index in [1.165, 1.54) is 0 Å². The maximum Gasteiger partial charge on any atom is 0.197 e. The molecule has 17 heavy (non-hydrogen) atoms. The number of aromatic amines is 1. The molecule has 5 heteroatoms. The van der Waals surface area contributed by atoms with Crippen molar-refractivity contribution >= 4 is 12.2 Å². The minimum absolute atomic E-state index is 0.437. The molecule has 4 nitrogen and oxygen atoms in total. The molecule has 2 rings (SSSR count). The fraction of sp³-hybridized carbons (Fsp3) is 0.167. The van der Waals surface area contributed by atoms with E-state index in [1.807, 2.05) is 24.3 Å². The standard InChI is InChI=1S/C12H12N2O2S/c1-15-8-3-4-11(16-2)9(7-8)10-5-6-13-12(17)14-10/h3-7H,1-2H3,(H,13,14,17). The highest BCUT2D eigenvalue weighted by atomic mass is 32.1. The van der Waals surface area contributed by atoms with E-state index in [4.69, 9.17) is 21.7 Å². The van der Waals surface area contributed by atoms with E-state index in [0.717, 1.165) is 22.8 Å². The van der Waals surface area contributed by atoms with Crippen molar-refractivity contribution in [3.8, 4) is 22.8 Å². The normalized spacial score (nSPS) is 10.0. The van der Waals surface area contributed by atoms with Crippen LogP contribution in [-0.2, 0) is 0 Å². The van der Waals surface area contributed by atoms with Gasteiger partial charge in [0.25, 0.3) is 0 Å². The van der Waals surface area contributed by atoms with Gasteiger partial charge in [0.05, 0.1) is 19.9 Å². The van der Waals surface area contributed by atoms with E-state index < -0.39 is 0 Å². The Hall–Kier alpha value is -1.88. The largest absolute Gasteiger partial charge is 0.497 e. The zero-order chi connectivity index (χ0) is 12.3. The molecule has 2 aromatic rings. The van der Waals surface area contributed by atoms with Crippen LogP contribution in [0.4, 0.5) is 0 Å². The Labute approximate surface area is 104 Å². The Balaban J connectivity index is 2.59. The summed E-state index contributed by atoms with van der Waals surface area (Å²) in [7, 11) is 3.25.